The molecule has 2 unspecified atom stereocenters. The normalized spacial score (nSPS) is 28.4. The third-order valence-corrected chi connectivity index (χ3v) is 4.28. The van der Waals surface area contributed by atoms with Crippen LogP contribution in [0.15, 0.2) is 18.2 Å². The smallest absolute Gasteiger partial charge is 0.385 e. The molecule has 4 heteroatoms. The summed E-state index contributed by atoms with van der Waals surface area (Å²) in [4.78, 5) is 0. The van der Waals surface area contributed by atoms with E-state index in [1.54, 1.807) is 6.92 Å². The van der Waals surface area contributed by atoms with E-state index in [4.69, 9.17) is 0 Å². The summed E-state index contributed by atoms with van der Waals surface area (Å²) in [6.45, 7) is 3.61. The molecular weight excluding hydrogens is 253 g/mol. The van der Waals surface area contributed by atoms with E-state index in [0.717, 1.165) is 31.4 Å². The van der Waals surface area contributed by atoms with E-state index >= 15 is 0 Å². The number of aliphatic hydroxyl groups is 1. The van der Waals surface area contributed by atoms with Gasteiger partial charge in [0.05, 0.1) is 11.2 Å². The van der Waals surface area contributed by atoms with Crippen molar-refractivity contribution in [2.75, 3.05) is 0 Å². The van der Waals surface area contributed by atoms with Gasteiger partial charge >= 0.3 is 6.18 Å². The maximum atomic E-state index is 12.7. The van der Waals surface area contributed by atoms with Crippen molar-refractivity contribution in [1.29, 1.82) is 0 Å². The lowest BCUT2D eigenvalue weighted by molar-refractivity contribution is -0.137. The van der Waals surface area contributed by atoms with Crippen molar-refractivity contribution in [1.82, 2.24) is 0 Å². The molecule has 2 rings (SSSR count). The standard InChI is InChI=1S/C15H19F3O/c1-10-9-12(15(16,17)18)6-7-13(10)14(19)8-4-3-5-11(14)2/h6-7,9,11,19H,3-5,8H2,1-2H3. The van der Waals surface area contributed by atoms with Crippen LogP contribution in [0.1, 0.15) is 49.3 Å². The Morgan fingerprint density at radius 1 is 1.26 bits per heavy atom. The maximum absolute atomic E-state index is 12.7. The van der Waals surface area contributed by atoms with Crippen LogP contribution in [0.25, 0.3) is 0 Å². The monoisotopic (exact) mass is 272 g/mol. The van der Waals surface area contributed by atoms with Crippen LogP contribution in [0.3, 0.4) is 0 Å². The van der Waals surface area contributed by atoms with E-state index in [0.29, 0.717) is 17.5 Å². The Hall–Kier alpha value is -1.03. The van der Waals surface area contributed by atoms with E-state index in [-0.39, 0.29) is 5.92 Å². The molecule has 1 fully saturated rings. The lowest BCUT2D eigenvalue weighted by Crippen LogP contribution is -2.37. The zero-order valence-corrected chi connectivity index (χ0v) is 11.2. The highest BCUT2D eigenvalue weighted by molar-refractivity contribution is 5.37. The van der Waals surface area contributed by atoms with Gasteiger partial charge in [-0.2, -0.15) is 13.2 Å². The van der Waals surface area contributed by atoms with Crippen LogP contribution in [0.2, 0.25) is 0 Å². The van der Waals surface area contributed by atoms with E-state index in [2.05, 4.69) is 0 Å². The molecule has 1 aliphatic rings. The highest BCUT2D eigenvalue weighted by Crippen LogP contribution is 2.43. The minimum absolute atomic E-state index is 0.0803. The number of alkyl halides is 3. The fourth-order valence-electron chi connectivity index (χ4n) is 3.06. The van der Waals surface area contributed by atoms with Crippen molar-refractivity contribution in [3.05, 3.63) is 34.9 Å². The average molecular weight is 272 g/mol. The van der Waals surface area contributed by atoms with E-state index in [1.807, 2.05) is 6.92 Å². The van der Waals surface area contributed by atoms with Crippen molar-refractivity contribution in [3.63, 3.8) is 0 Å². The summed E-state index contributed by atoms with van der Waals surface area (Å²) >= 11 is 0. The molecule has 0 radical (unpaired) electrons. The first-order valence-corrected chi connectivity index (χ1v) is 6.66. The van der Waals surface area contributed by atoms with Gasteiger partial charge in [-0.05, 0) is 48.9 Å². The van der Waals surface area contributed by atoms with Crippen molar-refractivity contribution < 1.29 is 18.3 Å². The molecule has 0 saturated heterocycles. The zero-order chi connectivity index (χ0) is 14.3. The van der Waals surface area contributed by atoms with E-state index in [1.165, 1.54) is 6.07 Å². The molecule has 1 N–H and O–H groups in total. The second-order valence-corrected chi connectivity index (χ2v) is 5.60. The number of halogens is 3. The van der Waals surface area contributed by atoms with Crippen molar-refractivity contribution in [2.45, 2.75) is 51.3 Å². The summed E-state index contributed by atoms with van der Waals surface area (Å²) in [6.07, 6.45) is -0.800. The molecular formula is C15H19F3O. The Bertz CT molecular complexity index is 467. The number of rotatable bonds is 1. The van der Waals surface area contributed by atoms with Gasteiger partial charge in [-0.1, -0.05) is 25.8 Å². The molecule has 1 nitrogen and oxygen atoms in total. The summed E-state index contributed by atoms with van der Waals surface area (Å²) in [5.74, 6) is 0.0803. The Labute approximate surface area is 111 Å². The molecule has 1 aromatic carbocycles. The second-order valence-electron chi connectivity index (χ2n) is 5.60. The van der Waals surface area contributed by atoms with Crippen molar-refractivity contribution in [3.8, 4) is 0 Å². The van der Waals surface area contributed by atoms with Crippen LogP contribution in [0, 0.1) is 12.8 Å². The lowest BCUT2D eigenvalue weighted by atomic mass is 9.71. The van der Waals surface area contributed by atoms with Gasteiger partial charge in [-0.15, -0.1) is 0 Å². The largest absolute Gasteiger partial charge is 0.416 e. The third kappa shape index (κ3) is 2.64. The van der Waals surface area contributed by atoms with Crippen LogP contribution in [0.4, 0.5) is 13.2 Å². The molecule has 1 aromatic rings. The Kier molecular flexibility index (Phi) is 3.65. The van der Waals surface area contributed by atoms with Gasteiger partial charge in [0, 0.05) is 0 Å². The highest BCUT2D eigenvalue weighted by atomic mass is 19.4. The van der Waals surface area contributed by atoms with Crippen LogP contribution in [0.5, 0.6) is 0 Å². The molecule has 19 heavy (non-hydrogen) atoms. The fourth-order valence-corrected chi connectivity index (χ4v) is 3.06. The molecule has 0 heterocycles. The summed E-state index contributed by atoms with van der Waals surface area (Å²) in [7, 11) is 0. The van der Waals surface area contributed by atoms with Gasteiger partial charge in [-0.25, -0.2) is 0 Å². The number of hydrogen-bond donors (Lipinski definition) is 1. The average Bonchev–Trinajstić information content (AvgIpc) is 2.31. The van der Waals surface area contributed by atoms with E-state index in [9.17, 15) is 18.3 Å². The predicted molar refractivity (Wildman–Crippen MR) is 67.7 cm³/mol. The highest BCUT2D eigenvalue weighted by Gasteiger charge is 2.39. The van der Waals surface area contributed by atoms with Crippen LogP contribution < -0.4 is 0 Å². The summed E-state index contributed by atoms with van der Waals surface area (Å²) in [5.41, 5.74) is -0.466. The van der Waals surface area contributed by atoms with E-state index < -0.39 is 17.3 Å². The van der Waals surface area contributed by atoms with Crippen molar-refractivity contribution >= 4 is 0 Å². The first-order valence-electron chi connectivity index (χ1n) is 6.66. The van der Waals surface area contributed by atoms with Gasteiger partial charge in [0.1, 0.15) is 0 Å². The molecule has 0 aliphatic heterocycles. The van der Waals surface area contributed by atoms with Crippen molar-refractivity contribution in [2.24, 2.45) is 5.92 Å². The molecule has 0 bridgehead atoms. The molecule has 0 aromatic heterocycles. The Morgan fingerprint density at radius 3 is 2.47 bits per heavy atom. The fraction of sp³-hybridized carbons (Fsp3) is 0.600. The lowest BCUT2D eigenvalue weighted by Gasteiger charge is -2.39. The third-order valence-electron chi connectivity index (χ3n) is 4.28. The summed E-state index contributed by atoms with van der Waals surface area (Å²) in [6, 6.07) is 3.65. The second kappa shape index (κ2) is 4.82. The summed E-state index contributed by atoms with van der Waals surface area (Å²) < 4.78 is 38.0. The topological polar surface area (TPSA) is 20.2 Å². The van der Waals surface area contributed by atoms with Gasteiger partial charge in [0.2, 0.25) is 0 Å². The molecule has 2 atom stereocenters. The van der Waals surface area contributed by atoms with Crippen LogP contribution >= 0.6 is 0 Å². The number of aryl methyl sites for hydroxylation is 1. The van der Waals surface area contributed by atoms with Gasteiger partial charge in [0.15, 0.2) is 0 Å². The first kappa shape index (κ1) is 14.4. The quantitative estimate of drug-likeness (QED) is 0.802. The number of hydrogen-bond acceptors (Lipinski definition) is 1. The number of benzene rings is 1. The van der Waals surface area contributed by atoms with Gasteiger partial charge in [-0.3, -0.25) is 0 Å². The molecule has 0 amide bonds. The minimum atomic E-state index is -4.33. The molecule has 0 spiro atoms. The predicted octanol–water partition coefficient (Wildman–Crippen LogP) is 4.41. The Balaban J connectivity index is 2.41. The Morgan fingerprint density at radius 2 is 1.95 bits per heavy atom. The molecule has 1 saturated carbocycles. The molecule has 106 valence electrons. The zero-order valence-electron chi connectivity index (χ0n) is 11.2. The first-order chi connectivity index (χ1) is 8.75. The van der Waals surface area contributed by atoms with Gasteiger partial charge < -0.3 is 5.11 Å². The maximum Gasteiger partial charge on any atom is 0.416 e. The van der Waals surface area contributed by atoms with Gasteiger partial charge in [0.25, 0.3) is 0 Å². The van der Waals surface area contributed by atoms with Crippen LogP contribution in [-0.2, 0) is 11.8 Å². The SMILES string of the molecule is Cc1cc(C(F)(F)F)ccc1C1(O)CCCCC1C. The minimum Gasteiger partial charge on any atom is -0.385 e. The van der Waals surface area contributed by atoms with Crippen LogP contribution in [-0.4, -0.2) is 5.11 Å². The molecule has 1 aliphatic carbocycles. The summed E-state index contributed by atoms with van der Waals surface area (Å²) in [5, 5.41) is 10.8.